The Hall–Kier alpha value is -1.68. The van der Waals surface area contributed by atoms with Gasteiger partial charge in [-0.2, -0.15) is 0 Å². The van der Waals surface area contributed by atoms with E-state index >= 15 is 0 Å². The molecule has 4 heteroatoms. The first-order chi connectivity index (χ1) is 8.76. The lowest BCUT2D eigenvalue weighted by Crippen LogP contribution is -2.03. The summed E-state index contributed by atoms with van der Waals surface area (Å²) in [6.45, 7) is 4.24. The number of aromatic nitrogens is 1. The molecule has 0 N–H and O–H groups in total. The Morgan fingerprint density at radius 1 is 1.28 bits per heavy atom. The Kier molecular flexibility index (Phi) is 4.10. The molecule has 94 valence electrons. The van der Waals surface area contributed by atoms with E-state index in [0.29, 0.717) is 11.6 Å². The molecule has 0 aliphatic heterocycles. The van der Waals surface area contributed by atoms with Crippen LogP contribution in [0.5, 0.6) is 0 Å². The van der Waals surface area contributed by atoms with E-state index < -0.39 is 0 Å². The second-order valence-corrected chi connectivity index (χ2v) is 4.81. The van der Waals surface area contributed by atoms with Gasteiger partial charge in [-0.1, -0.05) is 37.3 Å². The first-order valence-corrected chi connectivity index (χ1v) is 6.80. The van der Waals surface area contributed by atoms with Crippen molar-refractivity contribution >= 4 is 17.3 Å². The number of ether oxygens (including phenoxy) is 1. The van der Waals surface area contributed by atoms with E-state index in [4.69, 9.17) is 4.74 Å². The maximum absolute atomic E-state index is 11.7. The number of carbonyl (C=O) groups is 1. The van der Waals surface area contributed by atoms with Crippen molar-refractivity contribution in [3.05, 3.63) is 40.2 Å². The van der Waals surface area contributed by atoms with Crippen LogP contribution in [0.3, 0.4) is 0 Å². The van der Waals surface area contributed by atoms with Crippen LogP contribution in [0.15, 0.2) is 30.3 Å². The van der Waals surface area contributed by atoms with Gasteiger partial charge in [-0.15, -0.1) is 11.3 Å². The summed E-state index contributed by atoms with van der Waals surface area (Å²) >= 11 is 1.42. The molecule has 1 aromatic carbocycles. The van der Waals surface area contributed by atoms with Crippen LogP contribution in [0.4, 0.5) is 0 Å². The number of rotatable bonds is 4. The summed E-state index contributed by atoms with van der Waals surface area (Å²) in [7, 11) is 0. The molecule has 0 atom stereocenters. The Morgan fingerprint density at radius 2 is 2.00 bits per heavy atom. The molecule has 0 spiro atoms. The largest absolute Gasteiger partial charge is 0.461 e. The Bertz CT molecular complexity index is 534. The molecule has 0 amide bonds. The topological polar surface area (TPSA) is 39.2 Å². The van der Waals surface area contributed by atoms with Crippen LogP contribution in [-0.2, 0) is 11.2 Å². The maximum atomic E-state index is 11.7. The van der Waals surface area contributed by atoms with Crippen LogP contribution in [0, 0.1) is 0 Å². The smallest absolute Gasteiger partial charge is 0.367 e. The first-order valence-electron chi connectivity index (χ1n) is 5.98. The van der Waals surface area contributed by atoms with Gasteiger partial charge in [0, 0.05) is 10.4 Å². The SMILES string of the molecule is CCOC(=O)c1nc(-c2ccccc2)c(CC)s1. The zero-order valence-electron chi connectivity index (χ0n) is 10.5. The molecule has 0 unspecified atom stereocenters. The van der Waals surface area contributed by atoms with Crippen molar-refractivity contribution in [3.8, 4) is 11.3 Å². The molecule has 2 aromatic rings. The normalized spacial score (nSPS) is 10.3. The van der Waals surface area contributed by atoms with Crippen molar-refractivity contribution in [2.75, 3.05) is 6.61 Å². The summed E-state index contributed by atoms with van der Waals surface area (Å²) in [4.78, 5) is 17.2. The van der Waals surface area contributed by atoms with E-state index in [0.717, 1.165) is 22.6 Å². The maximum Gasteiger partial charge on any atom is 0.367 e. The fourth-order valence-electron chi connectivity index (χ4n) is 1.69. The van der Waals surface area contributed by atoms with Crippen LogP contribution < -0.4 is 0 Å². The molecule has 0 aliphatic rings. The molecule has 2 rings (SSSR count). The molecule has 0 saturated carbocycles. The van der Waals surface area contributed by atoms with E-state index in [9.17, 15) is 4.79 Å². The van der Waals surface area contributed by atoms with Crippen LogP contribution in [0.25, 0.3) is 11.3 Å². The molecule has 0 radical (unpaired) electrons. The molecule has 0 saturated heterocycles. The molecular formula is C14H15NO2S. The van der Waals surface area contributed by atoms with Crippen molar-refractivity contribution in [1.82, 2.24) is 4.98 Å². The molecule has 1 aromatic heterocycles. The summed E-state index contributed by atoms with van der Waals surface area (Å²) in [5.41, 5.74) is 1.94. The highest BCUT2D eigenvalue weighted by atomic mass is 32.1. The Balaban J connectivity index is 2.39. The van der Waals surface area contributed by atoms with Gasteiger partial charge in [0.25, 0.3) is 0 Å². The van der Waals surface area contributed by atoms with Crippen LogP contribution >= 0.6 is 11.3 Å². The van der Waals surface area contributed by atoms with Gasteiger partial charge in [0.1, 0.15) is 0 Å². The molecule has 18 heavy (non-hydrogen) atoms. The second kappa shape index (κ2) is 5.78. The minimum Gasteiger partial charge on any atom is -0.461 e. The lowest BCUT2D eigenvalue weighted by atomic mass is 10.1. The van der Waals surface area contributed by atoms with E-state index in [1.807, 2.05) is 30.3 Å². The first kappa shape index (κ1) is 12.8. The molecule has 0 aliphatic carbocycles. The number of hydrogen-bond acceptors (Lipinski definition) is 4. The molecular weight excluding hydrogens is 246 g/mol. The van der Waals surface area contributed by atoms with Crippen LogP contribution in [0.1, 0.15) is 28.5 Å². The van der Waals surface area contributed by atoms with Gasteiger partial charge < -0.3 is 4.74 Å². The number of esters is 1. The molecule has 0 fully saturated rings. The summed E-state index contributed by atoms with van der Waals surface area (Å²) < 4.78 is 4.99. The highest BCUT2D eigenvalue weighted by molar-refractivity contribution is 7.14. The van der Waals surface area contributed by atoms with Gasteiger partial charge in [-0.25, -0.2) is 9.78 Å². The summed E-state index contributed by atoms with van der Waals surface area (Å²) in [5, 5.41) is 0.438. The van der Waals surface area contributed by atoms with E-state index in [2.05, 4.69) is 11.9 Å². The number of nitrogens with zero attached hydrogens (tertiary/aromatic N) is 1. The number of carbonyl (C=O) groups excluding carboxylic acids is 1. The van der Waals surface area contributed by atoms with Crippen molar-refractivity contribution in [2.45, 2.75) is 20.3 Å². The van der Waals surface area contributed by atoms with Crippen LogP contribution in [-0.4, -0.2) is 17.6 Å². The van der Waals surface area contributed by atoms with Gasteiger partial charge in [0.15, 0.2) is 0 Å². The van der Waals surface area contributed by atoms with Crippen molar-refractivity contribution in [3.63, 3.8) is 0 Å². The molecule has 1 heterocycles. The third-order valence-electron chi connectivity index (χ3n) is 2.52. The fourth-order valence-corrected chi connectivity index (χ4v) is 2.61. The number of hydrogen-bond donors (Lipinski definition) is 0. The lowest BCUT2D eigenvalue weighted by Gasteiger charge is -1.98. The molecule has 3 nitrogen and oxygen atoms in total. The third-order valence-corrected chi connectivity index (χ3v) is 3.70. The number of thiazole rings is 1. The zero-order valence-corrected chi connectivity index (χ0v) is 11.3. The standard InChI is InChI=1S/C14H15NO2S/c1-3-11-12(10-8-6-5-7-9-10)15-13(18-11)14(16)17-4-2/h5-9H,3-4H2,1-2H3. The zero-order chi connectivity index (χ0) is 13.0. The minimum atomic E-state index is -0.334. The monoisotopic (exact) mass is 261 g/mol. The number of aryl methyl sites for hydroxylation is 1. The predicted molar refractivity (Wildman–Crippen MR) is 72.9 cm³/mol. The highest BCUT2D eigenvalue weighted by Gasteiger charge is 2.17. The summed E-state index contributed by atoms with van der Waals surface area (Å²) in [6, 6.07) is 9.91. The van der Waals surface area contributed by atoms with Crippen molar-refractivity contribution in [2.24, 2.45) is 0 Å². The second-order valence-electron chi connectivity index (χ2n) is 3.73. The average Bonchev–Trinajstić information content (AvgIpc) is 2.84. The van der Waals surface area contributed by atoms with Gasteiger partial charge >= 0.3 is 5.97 Å². The van der Waals surface area contributed by atoms with Gasteiger partial charge in [-0.05, 0) is 13.3 Å². The Labute approximate surface area is 110 Å². The minimum absolute atomic E-state index is 0.334. The van der Waals surface area contributed by atoms with Crippen molar-refractivity contribution < 1.29 is 9.53 Å². The van der Waals surface area contributed by atoms with E-state index in [1.165, 1.54) is 11.3 Å². The predicted octanol–water partition coefficient (Wildman–Crippen LogP) is 3.55. The van der Waals surface area contributed by atoms with Gasteiger partial charge in [0.2, 0.25) is 5.01 Å². The summed E-state index contributed by atoms with van der Waals surface area (Å²) in [6.07, 6.45) is 0.862. The van der Waals surface area contributed by atoms with Gasteiger partial charge in [0.05, 0.1) is 12.3 Å². The third kappa shape index (κ3) is 2.59. The number of benzene rings is 1. The highest BCUT2D eigenvalue weighted by Crippen LogP contribution is 2.28. The van der Waals surface area contributed by atoms with E-state index in [1.54, 1.807) is 6.92 Å². The Morgan fingerprint density at radius 3 is 2.61 bits per heavy atom. The molecule has 0 bridgehead atoms. The van der Waals surface area contributed by atoms with Gasteiger partial charge in [-0.3, -0.25) is 0 Å². The summed E-state index contributed by atoms with van der Waals surface area (Å²) in [5.74, 6) is -0.334. The van der Waals surface area contributed by atoms with Crippen LogP contribution in [0.2, 0.25) is 0 Å². The van der Waals surface area contributed by atoms with E-state index in [-0.39, 0.29) is 5.97 Å². The fraction of sp³-hybridized carbons (Fsp3) is 0.286. The average molecular weight is 261 g/mol. The lowest BCUT2D eigenvalue weighted by molar-refractivity contribution is 0.0526. The quantitative estimate of drug-likeness (QED) is 0.790. The van der Waals surface area contributed by atoms with Crippen molar-refractivity contribution in [1.29, 1.82) is 0 Å².